The number of carbonyl (C=O) groups is 1. The minimum absolute atomic E-state index is 0.133. The van der Waals surface area contributed by atoms with Gasteiger partial charge in [0.2, 0.25) is 0 Å². The molecule has 0 aliphatic heterocycles. The van der Waals surface area contributed by atoms with Crippen LogP contribution in [-0.2, 0) is 0 Å². The van der Waals surface area contributed by atoms with Gasteiger partial charge in [-0.05, 0) is 30.7 Å². The Morgan fingerprint density at radius 2 is 2.38 bits per heavy atom. The van der Waals surface area contributed by atoms with Crippen LogP contribution in [-0.4, -0.2) is 17.4 Å². The highest BCUT2D eigenvalue weighted by atomic mass is 35.5. The number of nitrogens with two attached hydrogens (primary N) is 1. The normalized spacial score (nSPS) is 10.1. The Morgan fingerprint density at radius 3 is 2.88 bits per heavy atom. The van der Waals surface area contributed by atoms with Crippen molar-refractivity contribution in [3.63, 3.8) is 0 Å². The van der Waals surface area contributed by atoms with Crippen LogP contribution in [0.1, 0.15) is 28.1 Å². The second-order valence-corrected chi connectivity index (χ2v) is 5.17. The minimum Gasteiger partial charge on any atom is -0.393 e. The summed E-state index contributed by atoms with van der Waals surface area (Å²) in [5.41, 5.74) is 6.28. The topological polar surface area (TPSA) is 55.1 Å². The molecule has 3 N–H and O–H groups in total. The zero-order valence-electron chi connectivity index (χ0n) is 8.88. The first-order valence-corrected chi connectivity index (χ1v) is 6.49. The van der Waals surface area contributed by atoms with E-state index in [9.17, 15) is 4.79 Å². The summed E-state index contributed by atoms with van der Waals surface area (Å²) in [6, 6.07) is 0. The van der Waals surface area contributed by atoms with E-state index in [-0.39, 0.29) is 5.91 Å². The lowest BCUT2D eigenvalue weighted by molar-refractivity contribution is 0.0957. The molecule has 0 unspecified atom stereocenters. The fourth-order valence-corrected chi connectivity index (χ4v) is 2.47. The zero-order chi connectivity index (χ0) is 12.1. The highest BCUT2D eigenvalue weighted by molar-refractivity contribution is 7.80. The molecule has 88 valence electrons. The van der Waals surface area contributed by atoms with Gasteiger partial charge >= 0.3 is 0 Å². The van der Waals surface area contributed by atoms with Crippen LogP contribution in [0.25, 0.3) is 0 Å². The van der Waals surface area contributed by atoms with Gasteiger partial charge in [-0.3, -0.25) is 4.79 Å². The fraction of sp³-hybridized carbons (Fsp3) is 0.400. The summed E-state index contributed by atoms with van der Waals surface area (Å²) in [4.78, 5) is 12.7. The lowest BCUT2D eigenvalue weighted by Gasteiger charge is -2.03. The molecule has 0 fully saturated rings. The summed E-state index contributed by atoms with van der Waals surface area (Å²) < 4.78 is 0. The van der Waals surface area contributed by atoms with Crippen molar-refractivity contribution in [1.82, 2.24) is 5.32 Å². The number of thiocarbonyl (C=S) groups is 1. The van der Waals surface area contributed by atoms with Crippen molar-refractivity contribution in [3.8, 4) is 0 Å². The van der Waals surface area contributed by atoms with Crippen molar-refractivity contribution < 1.29 is 4.79 Å². The van der Waals surface area contributed by atoms with E-state index >= 15 is 0 Å². The molecule has 0 saturated carbocycles. The van der Waals surface area contributed by atoms with Crippen LogP contribution in [0.3, 0.4) is 0 Å². The summed E-state index contributed by atoms with van der Waals surface area (Å²) in [5.74, 6) is -0.133. The summed E-state index contributed by atoms with van der Waals surface area (Å²) >= 11 is 12.1. The van der Waals surface area contributed by atoms with Gasteiger partial charge in [-0.15, -0.1) is 11.3 Å². The molecule has 16 heavy (non-hydrogen) atoms. The first kappa shape index (κ1) is 13.4. The average molecular weight is 277 g/mol. The summed E-state index contributed by atoms with van der Waals surface area (Å²) in [6.07, 6.45) is 1.40. The first-order chi connectivity index (χ1) is 7.52. The molecule has 1 rings (SSSR count). The molecule has 0 saturated heterocycles. The molecule has 1 heterocycles. The van der Waals surface area contributed by atoms with Gasteiger partial charge in [0.1, 0.15) is 4.88 Å². The molecule has 6 heteroatoms. The molecule has 0 atom stereocenters. The van der Waals surface area contributed by atoms with Crippen LogP contribution in [0.5, 0.6) is 0 Å². The molecule has 1 aromatic heterocycles. The Kier molecular flexibility index (Phi) is 5.18. The van der Waals surface area contributed by atoms with Gasteiger partial charge in [0.05, 0.1) is 10.0 Å². The maximum Gasteiger partial charge on any atom is 0.262 e. The number of hydrogen-bond donors (Lipinski definition) is 2. The molecule has 0 aliphatic rings. The lowest BCUT2D eigenvalue weighted by atomic mass is 10.3. The number of thiophene rings is 1. The van der Waals surface area contributed by atoms with Crippen molar-refractivity contribution >= 4 is 46.1 Å². The van der Waals surface area contributed by atoms with Crippen molar-refractivity contribution in [2.75, 3.05) is 6.54 Å². The number of rotatable bonds is 5. The molecule has 0 radical (unpaired) electrons. The Hall–Kier alpha value is -0.650. The Bertz CT molecular complexity index is 404. The number of hydrogen-bond acceptors (Lipinski definition) is 3. The Morgan fingerprint density at radius 1 is 1.69 bits per heavy atom. The van der Waals surface area contributed by atoms with Crippen LogP contribution < -0.4 is 11.1 Å². The molecule has 1 amide bonds. The van der Waals surface area contributed by atoms with Crippen molar-refractivity contribution in [1.29, 1.82) is 0 Å². The third-order valence-corrected chi connectivity index (χ3v) is 3.89. The number of amides is 1. The Labute approximate surface area is 109 Å². The second-order valence-electron chi connectivity index (χ2n) is 3.39. The van der Waals surface area contributed by atoms with E-state index in [1.165, 1.54) is 11.3 Å². The molecule has 3 nitrogen and oxygen atoms in total. The summed E-state index contributed by atoms with van der Waals surface area (Å²) in [7, 11) is 0. The molecule has 0 aliphatic carbocycles. The monoisotopic (exact) mass is 276 g/mol. The highest BCUT2D eigenvalue weighted by Crippen LogP contribution is 2.26. The number of halogens is 1. The van der Waals surface area contributed by atoms with E-state index in [0.717, 1.165) is 12.0 Å². The number of carbonyl (C=O) groups excluding carboxylic acids is 1. The van der Waals surface area contributed by atoms with Crippen molar-refractivity contribution in [2.24, 2.45) is 5.73 Å². The lowest BCUT2D eigenvalue weighted by Crippen LogP contribution is -2.24. The van der Waals surface area contributed by atoms with E-state index in [0.29, 0.717) is 27.9 Å². The SMILES string of the molecule is Cc1csc(C(=O)NCCCC(N)=S)c1Cl. The van der Waals surface area contributed by atoms with Crippen molar-refractivity contribution in [2.45, 2.75) is 19.8 Å². The Balaban J connectivity index is 2.41. The van der Waals surface area contributed by atoms with Crippen molar-refractivity contribution in [3.05, 3.63) is 20.8 Å². The fourth-order valence-electron chi connectivity index (χ4n) is 1.13. The summed E-state index contributed by atoms with van der Waals surface area (Å²) in [5, 5.41) is 5.19. The first-order valence-electron chi connectivity index (χ1n) is 4.82. The molecular weight excluding hydrogens is 264 g/mol. The maximum atomic E-state index is 11.7. The largest absolute Gasteiger partial charge is 0.393 e. The van der Waals surface area contributed by atoms with E-state index in [1.54, 1.807) is 0 Å². The second kappa shape index (κ2) is 6.18. The molecule has 0 spiro atoms. The minimum atomic E-state index is -0.133. The van der Waals surface area contributed by atoms with E-state index < -0.39 is 0 Å². The predicted molar refractivity (Wildman–Crippen MR) is 72.4 cm³/mol. The van der Waals surface area contributed by atoms with Gasteiger partial charge in [-0.2, -0.15) is 0 Å². The van der Waals surface area contributed by atoms with E-state index in [1.807, 2.05) is 12.3 Å². The van der Waals surface area contributed by atoms with Crippen LogP contribution in [0.4, 0.5) is 0 Å². The van der Waals surface area contributed by atoms with Gasteiger partial charge in [-0.25, -0.2) is 0 Å². The third kappa shape index (κ3) is 3.73. The predicted octanol–water partition coefficient (Wildman–Crippen LogP) is 2.51. The smallest absolute Gasteiger partial charge is 0.262 e. The van der Waals surface area contributed by atoms with E-state index in [2.05, 4.69) is 5.32 Å². The highest BCUT2D eigenvalue weighted by Gasteiger charge is 2.13. The third-order valence-electron chi connectivity index (χ3n) is 1.99. The quantitative estimate of drug-likeness (QED) is 0.642. The average Bonchev–Trinajstić information content (AvgIpc) is 2.54. The van der Waals surface area contributed by atoms with Gasteiger partial charge in [0, 0.05) is 6.54 Å². The van der Waals surface area contributed by atoms with Gasteiger partial charge < -0.3 is 11.1 Å². The zero-order valence-corrected chi connectivity index (χ0v) is 11.3. The van der Waals surface area contributed by atoms with Gasteiger partial charge in [0.25, 0.3) is 5.91 Å². The number of nitrogens with one attached hydrogen (secondary N) is 1. The van der Waals surface area contributed by atoms with Crippen LogP contribution in [0.2, 0.25) is 5.02 Å². The maximum absolute atomic E-state index is 11.7. The summed E-state index contributed by atoms with van der Waals surface area (Å²) in [6.45, 7) is 2.44. The molecule has 0 bridgehead atoms. The van der Waals surface area contributed by atoms with Gasteiger partial charge in [0.15, 0.2) is 0 Å². The van der Waals surface area contributed by atoms with Crippen LogP contribution in [0.15, 0.2) is 5.38 Å². The van der Waals surface area contributed by atoms with Gasteiger partial charge in [-0.1, -0.05) is 23.8 Å². The van der Waals surface area contributed by atoms with E-state index in [4.69, 9.17) is 29.6 Å². The molecule has 0 aromatic carbocycles. The standard InChI is InChI=1S/C10H13ClN2OS2/c1-6-5-16-9(8(6)11)10(14)13-4-2-3-7(12)15/h5H,2-4H2,1H3,(H2,12,15)(H,13,14). The number of aryl methyl sites for hydroxylation is 1. The van der Waals surface area contributed by atoms with Crippen LogP contribution >= 0.6 is 35.2 Å². The molecule has 1 aromatic rings. The molecular formula is C10H13ClN2OS2. The van der Waals surface area contributed by atoms with Crippen LogP contribution in [0, 0.1) is 6.92 Å².